The number of carbonyl (C=O) groups is 1. The fraction of sp³-hybridized carbons (Fsp3) is 0.600. The summed E-state index contributed by atoms with van der Waals surface area (Å²) in [7, 11) is 0. The summed E-state index contributed by atoms with van der Waals surface area (Å²) < 4.78 is 42.3. The van der Waals surface area contributed by atoms with Gasteiger partial charge in [-0.15, -0.1) is 0 Å². The molecule has 1 saturated carbocycles. The SMILES string of the molecule is CCC(C)(C)[C@@H]1CCC2=NN(C(=O)c3ccccc3Cl)[C@@](O)(C(F)(F)F)[C@H]2C1. The molecule has 28 heavy (non-hydrogen) atoms. The number of nitrogens with zero attached hydrogens (tertiary/aromatic N) is 2. The van der Waals surface area contributed by atoms with Crippen molar-refractivity contribution in [3.05, 3.63) is 34.9 Å². The molecule has 1 aliphatic carbocycles. The minimum atomic E-state index is -5.06. The predicted octanol–water partition coefficient (Wildman–Crippen LogP) is 5.26. The van der Waals surface area contributed by atoms with Gasteiger partial charge in [-0.25, -0.2) is 0 Å². The molecular formula is C20H24ClF3N2O2. The Kier molecular flexibility index (Phi) is 5.30. The Morgan fingerprint density at radius 1 is 1.36 bits per heavy atom. The minimum absolute atomic E-state index is 0.00862. The van der Waals surface area contributed by atoms with Crippen LogP contribution in [0.4, 0.5) is 13.2 Å². The number of hydrogen-bond acceptors (Lipinski definition) is 3. The van der Waals surface area contributed by atoms with Crippen molar-refractivity contribution in [3.63, 3.8) is 0 Å². The number of benzene rings is 1. The normalized spacial score (nSPS) is 28.1. The Hall–Kier alpha value is -1.60. The van der Waals surface area contributed by atoms with Crippen LogP contribution in [-0.4, -0.2) is 33.6 Å². The van der Waals surface area contributed by atoms with E-state index in [2.05, 4.69) is 5.10 Å². The highest BCUT2D eigenvalue weighted by atomic mass is 35.5. The number of alkyl halides is 3. The number of aliphatic hydroxyl groups is 1. The van der Waals surface area contributed by atoms with E-state index in [4.69, 9.17) is 11.6 Å². The van der Waals surface area contributed by atoms with Gasteiger partial charge in [-0.05, 0) is 42.7 Å². The van der Waals surface area contributed by atoms with Crippen LogP contribution in [0.1, 0.15) is 56.8 Å². The summed E-state index contributed by atoms with van der Waals surface area (Å²) in [5.74, 6) is -2.34. The second kappa shape index (κ2) is 7.02. The second-order valence-electron chi connectivity index (χ2n) is 8.28. The van der Waals surface area contributed by atoms with Crippen molar-refractivity contribution < 1.29 is 23.1 Å². The molecule has 1 aliphatic heterocycles. The molecule has 1 heterocycles. The van der Waals surface area contributed by atoms with E-state index in [-0.39, 0.29) is 39.1 Å². The molecule has 1 N–H and O–H groups in total. The molecule has 0 saturated heterocycles. The van der Waals surface area contributed by atoms with Crippen LogP contribution in [0.5, 0.6) is 0 Å². The van der Waals surface area contributed by atoms with Crippen molar-refractivity contribution in [1.82, 2.24) is 5.01 Å². The van der Waals surface area contributed by atoms with Gasteiger partial charge in [0.1, 0.15) is 0 Å². The fourth-order valence-corrected chi connectivity index (χ4v) is 4.39. The molecular weight excluding hydrogens is 393 g/mol. The number of hydrogen-bond donors (Lipinski definition) is 1. The van der Waals surface area contributed by atoms with Gasteiger partial charge in [0.05, 0.1) is 16.5 Å². The summed E-state index contributed by atoms with van der Waals surface area (Å²) in [5, 5.41) is 15.1. The zero-order valence-corrected chi connectivity index (χ0v) is 16.8. The second-order valence-corrected chi connectivity index (χ2v) is 8.69. The van der Waals surface area contributed by atoms with Crippen molar-refractivity contribution >= 4 is 23.2 Å². The molecule has 0 spiro atoms. The number of fused-ring (bicyclic) bond motifs is 1. The maximum absolute atomic E-state index is 14.1. The van der Waals surface area contributed by atoms with Crippen molar-refractivity contribution in [3.8, 4) is 0 Å². The Bertz CT molecular complexity index is 809. The van der Waals surface area contributed by atoms with E-state index in [1.807, 2.05) is 20.8 Å². The first kappa shape index (κ1) is 21.1. The summed E-state index contributed by atoms with van der Waals surface area (Å²) in [5.41, 5.74) is -3.44. The molecule has 1 aromatic rings. The standard InChI is InChI=1S/C20H24ClF3N2O2/c1-4-18(2,3)12-9-10-16-14(11-12)19(28,20(22,23)24)26(25-16)17(27)13-7-5-6-8-15(13)21/h5-8,12,14,28H,4,9-11H2,1-3H3/t12-,14+,19+/m1/s1. The zero-order valence-electron chi connectivity index (χ0n) is 16.1. The van der Waals surface area contributed by atoms with Crippen LogP contribution in [-0.2, 0) is 0 Å². The van der Waals surface area contributed by atoms with Gasteiger partial charge in [0, 0.05) is 5.71 Å². The highest BCUT2D eigenvalue weighted by molar-refractivity contribution is 6.33. The summed E-state index contributed by atoms with van der Waals surface area (Å²) in [6, 6.07) is 5.81. The number of rotatable bonds is 3. The maximum atomic E-state index is 14.1. The quantitative estimate of drug-likeness (QED) is 0.731. The van der Waals surface area contributed by atoms with E-state index in [1.165, 1.54) is 18.2 Å². The van der Waals surface area contributed by atoms with Crippen molar-refractivity contribution in [2.75, 3.05) is 0 Å². The first-order valence-corrected chi connectivity index (χ1v) is 9.76. The third kappa shape index (κ3) is 3.22. The Labute approximate surface area is 167 Å². The van der Waals surface area contributed by atoms with Crippen LogP contribution in [0.3, 0.4) is 0 Å². The van der Waals surface area contributed by atoms with Gasteiger partial charge in [-0.1, -0.05) is 50.9 Å². The lowest BCUT2D eigenvalue weighted by atomic mass is 9.64. The van der Waals surface area contributed by atoms with E-state index in [1.54, 1.807) is 6.07 Å². The van der Waals surface area contributed by atoms with Crippen LogP contribution in [0.25, 0.3) is 0 Å². The van der Waals surface area contributed by atoms with Crippen LogP contribution in [0.2, 0.25) is 5.02 Å². The van der Waals surface area contributed by atoms with Crippen LogP contribution < -0.4 is 0 Å². The smallest absolute Gasteiger partial charge is 0.362 e. The average Bonchev–Trinajstić information content (AvgIpc) is 2.95. The van der Waals surface area contributed by atoms with E-state index in [0.717, 1.165) is 6.42 Å². The first-order chi connectivity index (χ1) is 12.9. The molecule has 2 aliphatic rings. The third-order valence-electron chi connectivity index (χ3n) is 6.44. The van der Waals surface area contributed by atoms with E-state index in [0.29, 0.717) is 12.8 Å². The van der Waals surface area contributed by atoms with Crippen molar-refractivity contribution in [2.45, 2.75) is 58.4 Å². The van der Waals surface area contributed by atoms with E-state index >= 15 is 0 Å². The fourth-order valence-electron chi connectivity index (χ4n) is 4.17. The molecule has 0 radical (unpaired) electrons. The molecule has 3 rings (SSSR count). The molecule has 0 bridgehead atoms. The predicted molar refractivity (Wildman–Crippen MR) is 101 cm³/mol. The van der Waals surface area contributed by atoms with Crippen molar-refractivity contribution in [1.29, 1.82) is 0 Å². The number of carbonyl (C=O) groups excluding carboxylic acids is 1. The van der Waals surface area contributed by atoms with E-state index in [9.17, 15) is 23.1 Å². The molecule has 3 atom stereocenters. The lowest BCUT2D eigenvalue weighted by molar-refractivity contribution is -0.314. The van der Waals surface area contributed by atoms with Gasteiger partial charge in [0.25, 0.3) is 11.6 Å². The number of amides is 1. The molecule has 154 valence electrons. The Morgan fingerprint density at radius 2 is 2.00 bits per heavy atom. The van der Waals surface area contributed by atoms with Gasteiger partial charge in [-0.3, -0.25) is 4.79 Å². The van der Waals surface area contributed by atoms with Crippen LogP contribution in [0.15, 0.2) is 29.4 Å². The molecule has 1 aromatic carbocycles. The van der Waals surface area contributed by atoms with Gasteiger partial charge < -0.3 is 5.11 Å². The Morgan fingerprint density at radius 3 is 2.57 bits per heavy atom. The van der Waals surface area contributed by atoms with Crippen LogP contribution in [0, 0.1) is 17.3 Å². The molecule has 1 fully saturated rings. The molecule has 0 aromatic heterocycles. The summed E-state index contributed by atoms with van der Waals surface area (Å²) in [6.07, 6.45) is -3.12. The summed E-state index contributed by atoms with van der Waals surface area (Å²) in [4.78, 5) is 12.9. The van der Waals surface area contributed by atoms with Crippen molar-refractivity contribution in [2.24, 2.45) is 22.4 Å². The number of halogens is 4. The lowest BCUT2D eigenvalue weighted by Gasteiger charge is -2.43. The van der Waals surface area contributed by atoms with Gasteiger partial charge in [0.15, 0.2) is 0 Å². The monoisotopic (exact) mass is 416 g/mol. The van der Waals surface area contributed by atoms with Crippen LogP contribution >= 0.6 is 11.6 Å². The zero-order chi connectivity index (χ0) is 20.9. The first-order valence-electron chi connectivity index (χ1n) is 9.39. The number of hydrazone groups is 1. The van der Waals surface area contributed by atoms with Gasteiger partial charge in [0.2, 0.25) is 0 Å². The third-order valence-corrected chi connectivity index (χ3v) is 6.77. The lowest BCUT2D eigenvalue weighted by Crippen LogP contribution is -2.62. The highest BCUT2D eigenvalue weighted by Crippen LogP contribution is 2.52. The topological polar surface area (TPSA) is 52.9 Å². The maximum Gasteiger partial charge on any atom is 0.439 e. The highest BCUT2D eigenvalue weighted by Gasteiger charge is 2.69. The van der Waals surface area contributed by atoms with Gasteiger partial charge >= 0.3 is 6.18 Å². The molecule has 1 amide bonds. The molecule has 0 unspecified atom stereocenters. The largest absolute Gasteiger partial charge is 0.439 e. The summed E-state index contributed by atoms with van der Waals surface area (Å²) in [6.45, 7) is 6.05. The minimum Gasteiger partial charge on any atom is -0.362 e. The summed E-state index contributed by atoms with van der Waals surface area (Å²) >= 11 is 6.00. The molecule has 4 nitrogen and oxygen atoms in total. The van der Waals surface area contributed by atoms with E-state index < -0.39 is 23.7 Å². The molecule has 8 heteroatoms. The Balaban J connectivity index is 2.03. The van der Waals surface area contributed by atoms with Gasteiger partial charge in [-0.2, -0.15) is 23.3 Å². The average molecular weight is 417 g/mol.